The molecule has 3 nitrogen and oxygen atoms in total. The number of aromatic nitrogens is 2. The maximum Gasteiger partial charge on any atom is 0.134 e. The van der Waals surface area contributed by atoms with E-state index in [1.807, 2.05) is 24.3 Å². The molecule has 0 radical (unpaired) electrons. The largest absolute Gasteiger partial charge is 0.464 e. The van der Waals surface area contributed by atoms with E-state index in [0.717, 1.165) is 33.5 Å². The van der Waals surface area contributed by atoms with Crippen molar-refractivity contribution in [1.29, 1.82) is 0 Å². The van der Waals surface area contributed by atoms with Crippen molar-refractivity contribution in [3.63, 3.8) is 0 Å². The van der Waals surface area contributed by atoms with E-state index in [0.29, 0.717) is 0 Å². The summed E-state index contributed by atoms with van der Waals surface area (Å²) in [5, 5.41) is 3.58. The third kappa shape index (κ3) is 3.09. The average molecular weight is 378 g/mol. The molecule has 5 aromatic rings. The molecule has 0 N–H and O–H groups in total. The molecular weight excluding hydrogens is 356 g/mol. The van der Waals surface area contributed by atoms with Gasteiger partial charge >= 0.3 is 0 Å². The Bertz CT molecular complexity index is 1340. The lowest BCUT2D eigenvalue weighted by molar-refractivity contribution is 0.596. The Morgan fingerprint density at radius 2 is 1.48 bits per heavy atom. The van der Waals surface area contributed by atoms with Gasteiger partial charge in [-0.3, -0.25) is 0 Å². The molecule has 2 heterocycles. The maximum atomic E-state index is 5.71. The van der Waals surface area contributed by atoms with Crippen LogP contribution in [0.4, 0.5) is 0 Å². The number of para-hydroxylation sites is 1. The smallest absolute Gasteiger partial charge is 0.134 e. The van der Waals surface area contributed by atoms with Gasteiger partial charge in [-0.2, -0.15) is 0 Å². The first kappa shape index (κ1) is 17.6. The predicted octanol–water partition coefficient (Wildman–Crippen LogP) is 7.01. The summed E-state index contributed by atoms with van der Waals surface area (Å²) >= 11 is 0. The van der Waals surface area contributed by atoms with Crippen molar-refractivity contribution in [2.45, 2.75) is 26.2 Å². The molecule has 0 amide bonds. The second-order valence-corrected chi connectivity index (χ2v) is 8.43. The molecule has 29 heavy (non-hydrogen) atoms. The van der Waals surface area contributed by atoms with Crippen molar-refractivity contribution in [2.75, 3.05) is 0 Å². The SMILES string of the molecule is CC(C)(C)c1cc(-c2cc(-c3coc4ccccc34)ncn2)cc2ccccc12. The summed E-state index contributed by atoms with van der Waals surface area (Å²) in [4.78, 5) is 9.11. The lowest BCUT2D eigenvalue weighted by Crippen LogP contribution is -2.12. The zero-order chi connectivity index (χ0) is 20.0. The highest BCUT2D eigenvalue weighted by molar-refractivity contribution is 5.94. The first-order valence-corrected chi connectivity index (χ1v) is 9.83. The van der Waals surface area contributed by atoms with Crippen LogP contribution in [-0.4, -0.2) is 9.97 Å². The van der Waals surface area contributed by atoms with Gasteiger partial charge in [0.05, 0.1) is 11.4 Å². The van der Waals surface area contributed by atoms with Crippen LogP contribution < -0.4 is 0 Å². The molecule has 0 aliphatic carbocycles. The number of hydrogen-bond acceptors (Lipinski definition) is 3. The van der Waals surface area contributed by atoms with Crippen LogP contribution in [0.5, 0.6) is 0 Å². The van der Waals surface area contributed by atoms with Crippen LogP contribution in [0.3, 0.4) is 0 Å². The van der Waals surface area contributed by atoms with Gasteiger partial charge in [-0.15, -0.1) is 0 Å². The fraction of sp³-hybridized carbons (Fsp3) is 0.154. The summed E-state index contributed by atoms with van der Waals surface area (Å²) in [7, 11) is 0. The van der Waals surface area contributed by atoms with Crippen LogP contribution in [0.15, 0.2) is 83.7 Å². The van der Waals surface area contributed by atoms with Gasteiger partial charge in [-0.25, -0.2) is 9.97 Å². The van der Waals surface area contributed by atoms with Crippen LogP contribution in [0.25, 0.3) is 44.3 Å². The van der Waals surface area contributed by atoms with E-state index in [9.17, 15) is 0 Å². The Hall–Kier alpha value is -3.46. The fourth-order valence-corrected chi connectivity index (χ4v) is 3.92. The minimum absolute atomic E-state index is 0.0340. The lowest BCUT2D eigenvalue weighted by atomic mass is 9.82. The Balaban J connectivity index is 1.69. The third-order valence-corrected chi connectivity index (χ3v) is 5.39. The highest BCUT2D eigenvalue weighted by Gasteiger charge is 2.19. The minimum atomic E-state index is 0.0340. The summed E-state index contributed by atoms with van der Waals surface area (Å²) in [6.07, 6.45) is 3.41. The van der Waals surface area contributed by atoms with Gasteiger partial charge in [0, 0.05) is 16.5 Å². The Kier molecular flexibility index (Phi) is 3.99. The summed E-state index contributed by atoms with van der Waals surface area (Å²) in [6, 6.07) is 23.1. The quantitative estimate of drug-likeness (QED) is 0.332. The zero-order valence-corrected chi connectivity index (χ0v) is 16.8. The Labute approximate surface area is 170 Å². The fourth-order valence-electron chi connectivity index (χ4n) is 3.92. The minimum Gasteiger partial charge on any atom is -0.464 e. The number of hydrogen-bond donors (Lipinski definition) is 0. The van der Waals surface area contributed by atoms with E-state index in [1.165, 1.54) is 16.3 Å². The second-order valence-electron chi connectivity index (χ2n) is 8.43. The lowest BCUT2D eigenvalue weighted by Gasteiger charge is -2.22. The monoisotopic (exact) mass is 378 g/mol. The van der Waals surface area contributed by atoms with E-state index in [-0.39, 0.29) is 5.41 Å². The van der Waals surface area contributed by atoms with Crippen LogP contribution in [0.2, 0.25) is 0 Å². The van der Waals surface area contributed by atoms with Crippen LogP contribution in [0, 0.1) is 0 Å². The van der Waals surface area contributed by atoms with Gasteiger partial charge in [0.15, 0.2) is 0 Å². The standard InChI is InChI=1S/C26H22N2O/c1-26(2,3)22-13-18(12-17-8-4-5-9-19(17)22)23-14-24(28-16-27-23)21-15-29-25-11-7-6-10-20(21)25/h4-16H,1-3H3. The first-order valence-electron chi connectivity index (χ1n) is 9.83. The molecule has 142 valence electrons. The predicted molar refractivity (Wildman–Crippen MR) is 119 cm³/mol. The summed E-state index contributed by atoms with van der Waals surface area (Å²) < 4.78 is 5.71. The molecule has 0 saturated heterocycles. The molecule has 2 aromatic heterocycles. The van der Waals surface area contributed by atoms with Crippen LogP contribution >= 0.6 is 0 Å². The van der Waals surface area contributed by atoms with E-state index >= 15 is 0 Å². The van der Waals surface area contributed by atoms with E-state index in [1.54, 1.807) is 12.6 Å². The van der Waals surface area contributed by atoms with Crippen molar-refractivity contribution in [3.8, 4) is 22.5 Å². The molecule has 0 aliphatic heterocycles. The summed E-state index contributed by atoms with van der Waals surface area (Å²) in [6.45, 7) is 6.75. The van der Waals surface area contributed by atoms with Gasteiger partial charge in [0.2, 0.25) is 0 Å². The Morgan fingerprint density at radius 1 is 0.759 bits per heavy atom. The molecule has 5 rings (SSSR count). The molecule has 0 spiro atoms. The highest BCUT2D eigenvalue weighted by atomic mass is 16.3. The molecular formula is C26H22N2O. The molecule has 0 bridgehead atoms. The first-order chi connectivity index (χ1) is 14.0. The second kappa shape index (κ2) is 6.56. The van der Waals surface area contributed by atoms with Crippen molar-refractivity contribution < 1.29 is 4.42 Å². The number of fused-ring (bicyclic) bond motifs is 2. The highest BCUT2D eigenvalue weighted by Crippen LogP contribution is 2.35. The number of rotatable bonds is 2. The van der Waals surface area contributed by atoms with Crippen LogP contribution in [0.1, 0.15) is 26.3 Å². The van der Waals surface area contributed by atoms with Crippen molar-refractivity contribution in [3.05, 3.63) is 84.9 Å². The molecule has 0 aliphatic rings. The molecule has 0 atom stereocenters. The maximum absolute atomic E-state index is 5.71. The molecule has 3 aromatic carbocycles. The van der Waals surface area contributed by atoms with Crippen molar-refractivity contribution >= 4 is 21.7 Å². The molecule has 0 saturated carbocycles. The Morgan fingerprint density at radius 3 is 2.31 bits per heavy atom. The van der Waals surface area contributed by atoms with Gasteiger partial charge in [-0.1, -0.05) is 63.2 Å². The topological polar surface area (TPSA) is 38.9 Å². The van der Waals surface area contributed by atoms with E-state index in [2.05, 4.69) is 73.2 Å². The third-order valence-electron chi connectivity index (χ3n) is 5.39. The number of nitrogens with zero attached hydrogens (tertiary/aromatic N) is 2. The van der Waals surface area contributed by atoms with E-state index < -0.39 is 0 Å². The normalized spacial score (nSPS) is 12.0. The summed E-state index contributed by atoms with van der Waals surface area (Å²) in [5.74, 6) is 0. The molecule has 0 unspecified atom stereocenters. The van der Waals surface area contributed by atoms with Crippen molar-refractivity contribution in [2.24, 2.45) is 0 Å². The molecule has 3 heteroatoms. The van der Waals surface area contributed by atoms with Gasteiger partial charge in [0.25, 0.3) is 0 Å². The van der Waals surface area contributed by atoms with Crippen LogP contribution in [-0.2, 0) is 5.41 Å². The number of benzene rings is 3. The average Bonchev–Trinajstić information content (AvgIpc) is 3.16. The van der Waals surface area contributed by atoms with Gasteiger partial charge < -0.3 is 4.42 Å². The number of furan rings is 1. The van der Waals surface area contributed by atoms with Crippen molar-refractivity contribution in [1.82, 2.24) is 9.97 Å². The van der Waals surface area contributed by atoms with Gasteiger partial charge in [-0.05, 0) is 46.0 Å². The van der Waals surface area contributed by atoms with E-state index in [4.69, 9.17) is 4.42 Å². The zero-order valence-electron chi connectivity index (χ0n) is 16.8. The molecule has 0 fully saturated rings. The summed E-state index contributed by atoms with van der Waals surface area (Å²) in [5.41, 5.74) is 6.09. The van der Waals surface area contributed by atoms with Gasteiger partial charge in [0.1, 0.15) is 18.2 Å².